The van der Waals surface area contributed by atoms with E-state index in [1.165, 1.54) is 26.9 Å². The fourth-order valence-corrected chi connectivity index (χ4v) is 10.0. The molecular weight excluding hydrogens is 624 g/mol. The maximum absolute atomic E-state index is 5.50. The Bertz CT molecular complexity index is 1450. The summed E-state index contributed by atoms with van der Waals surface area (Å²) in [5, 5.41) is 5.28. The molecule has 0 fully saturated rings. The van der Waals surface area contributed by atoms with Crippen molar-refractivity contribution in [2.45, 2.75) is 0 Å². The first-order chi connectivity index (χ1) is 23.0. The number of rotatable bonds is 16. The second-order valence-corrected chi connectivity index (χ2v) is 15.5. The third-order valence-electron chi connectivity index (χ3n) is 8.16. The van der Waals surface area contributed by atoms with Crippen LogP contribution in [0.25, 0.3) is 0 Å². The molecular formula is C39H43NO5P2. The lowest BCUT2D eigenvalue weighted by atomic mass is 10.2. The topological polar surface area (TPSA) is 49.4 Å². The maximum atomic E-state index is 5.50. The number of nitrogens with zero attached hydrogens (tertiary/aromatic N) is 1. The molecule has 0 saturated carbocycles. The summed E-state index contributed by atoms with van der Waals surface area (Å²) in [4.78, 5) is 2.53. The summed E-state index contributed by atoms with van der Waals surface area (Å²) in [7, 11) is 7.26. The van der Waals surface area contributed by atoms with Gasteiger partial charge in [-0.2, -0.15) is 0 Å². The number of anilines is 1. The van der Waals surface area contributed by atoms with Crippen LogP contribution < -0.4 is 49.8 Å². The first-order valence-electron chi connectivity index (χ1n) is 15.6. The Balaban J connectivity index is 1.45. The Labute approximate surface area is 281 Å². The van der Waals surface area contributed by atoms with Gasteiger partial charge in [-0.3, -0.25) is 0 Å². The van der Waals surface area contributed by atoms with E-state index in [9.17, 15) is 0 Å². The van der Waals surface area contributed by atoms with Gasteiger partial charge in [0.15, 0.2) is 0 Å². The fraction of sp³-hybridized carbons (Fsp3) is 0.231. The molecule has 0 spiro atoms. The average molecular weight is 668 g/mol. The Hall–Kier alpha value is -4.24. The highest BCUT2D eigenvalue weighted by atomic mass is 31.1. The summed E-state index contributed by atoms with van der Waals surface area (Å²) in [5.74, 6) is 4.31. The van der Waals surface area contributed by atoms with Gasteiger partial charge in [0.05, 0.1) is 35.5 Å². The van der Waals surface area contributed by atoms with Crippen molar-refractivity contribution in [1.82, 2.24) is 0 Å². The van der Waals surface area contributed by atoms with Crippen LogP contribution in [0.5, 0.6) is 28.7 Å². The smallest absolute Gasteiger partial charge is 0.119 e. The Kier molecular flexibility index (Phi) is 12.4. The van der Waals surface area contributed by atoms with Gasteiger partial charge in [-0.1, -0.05) is 48.5 Å². The first kappa shape index (κ1) is 34.1. The lowest BCUT2D eigenvalue weighted by molar-refractivity contribution is 0.414. The Morgan fingerprint density at radius 1 is 0.362 bits per heavy atom. The molecule has 47 heavy (non-hydrogen) atoms. The molecule has 0 radical (unpaired) electrons. The van der Waals surface area contributed by atoms with E-state index in [4.69, 9.17) is 23.7 Å². The van der Waals surface area contributed by atoms with Crippen LogP contribution in [0, 0.1) is 0 Å². The van der Waals surface area contributed by atoms with Crippen molar-refractivity contribution < 1.29 is 23.7 Å². The molecule has 0 aliphatic rings. The minimum absolute atomic E-state index is 0.643. The molecule has 5 aromatic rings. The van der Waals surface area contributed by atoms with E-state index in [0.29, 0.717) is 0 Å². The number of ether oxygens (including phenoxy) is 5. The normalized spacial score (nSPS) is 11.0. The fourth-order valence-electron chi connectivity index (χ4n) is 5.47. The molecule has 0 aliphatic heterocycles. The van der Waals surface area contributed by atoms with Crippen molar-refractivity contribution in [2.75, 3.05) is 65.9 Å². The van der Waals surface area contributed by atoms with Gasteiger partial charge >= 0.3 is 0 Å². The summed E-state index contributed by atoms with van der Waals surface area (Å²) in [6.45, 7) is 1.79. The number of hydrogen-bond donors (Lipinski definition) is 0. The van der Waals surface area contributed by atoms with Gasteiger partial charge in [0.2, 0.25) is 0 Å². The van der Waals surface area contributed by atoms with Crippen LogP contribution in [-0.2, 0) is 0 Å². The molecule has 0 bridgehead atoms. The number of hydrogen-bond acceptors (Lipinski definition) is 6. The van der Waals surface area contributed by atoms with Gasteiger partial charge in [-0.05, 0) is 122 Å². The van der Waals surface area contributed by atoms with Crippen molar-refractivity contribution in [2.24, 2.45) is 0 Å². The molecule has 6 nitrogen and oxygen atoms in total. The second kappa shape index (κ2) is 17.1. The van der Waals surface area contributed by atoms with Crippen molar-refractivity contribution >= 4 is 42.7 Å². The zero-order chi connectivity index (χ0) is 33.0. The molecule has 244 valence electrons. The van der Waals surface area contributed by atoms with Crippen LogP contribution in [0.15, 0.2) is 121 Å². The van der Waals surface area contributed by atoms with Crippen LogP contribution in [0.4, 0.5) is 5.69 Å². The summed E-state index contributed by atoms with van der Waals surface area (Å²) in [6.07, 6.45) is 1.98. The van der Waals surface area contributed by atoms with Crippen LogP contribution in [0.2, 0.25) is 0 Å². The maximum Gasteiger partial charge on any atom is 0.119 e. The summed E-state index contributed by atoms with van der Waals surface area (Å²) in [5.41, 5.74) is 1.18. The lowest BCUT2D eigenvalue weighted by Crippen LogP contribution is -2.32. The van der Waals surface area contributed by atoms with Crippen molar-refractivity contribution in [3.05, 3.63) is 121 Å². The third kappa shape index (κ3) is 8.98. The highest BCUT2D eigenvalue weighted by Gasteiger charge is 2.20. The highest BCUT2D eigenvalue weighted by molar-refractivity contribution is 7.73. The Morgan fingerprint density at radius 2 is 0.596 bits per heavy atom. The minimum Gasteiger partial charge on any atom is -0.497 e. The van der Waals surface area contributed by atoms with Gasteiger partial charge in [0.1, 0.15) is 28.7 Å². The SMILES string of the molecule is COc1ccc(N(CCP(c2ccc(OC)cc2)c2ccc(OC)cc2)CCP(c2ccc(OC)cc2)c2ccc(OC)cc2)cc1. The van der Waals surface area contributed by atoms with Crippen LogP contribution in [-0.4, -0.2) is 61.0 Å². The van der Waals surface area contributed by atoms with E-state index >= 15 is 0 Å². The first-order valence-corrected chi connectivity index (χ1v) is 18.6. The number of methoxy groups -OCH3 is 5. The minimum atomic E-state index is -0.643. The molecule has 0 N–H and O–H groups in total. The highest BCUT2D eigenvalue weighted by Crippen LogP contribution is 2.38. The third-order valence-corrected chi connectivity index (χ3v) is 13.1. The van der Waals surface area contributed by atoms with Crippen LogP contribution in [0.1, 0.15) is 0 Å². The molecule has 0 heterocycles. The van der Waals surface area contributed by atoms with Crippen LogP contribution in [0.3, 0.4) is 0 Å². The van der Waals surface area contributed by atoms with Gasteiger partial charge in [0, 0.05) is 18.8 Å². The molecule has 0 aliphatic carbocycles. The molecule has 0 saturated heterocycles. The number of benzene rings is 5. The van der Waals surface area contributed by atoms with Gasteiger partial charge in [-0.15, -0.1) is 0 Å². The van der Waals surface area contributed by atoms with Crippen LogP contribution >= 0.6 is 15.8 Å². The lowest BCUT2D eigenvalue weighted by Gasteiger charge is -2.30. The standard InChI is InChI=1S/C39H43NO5P2/c1-41-31-8-6-30(7-9-31)40(26-28-46(36-18-10-32(42-2)11-19-36)37-20-12-33(43-3)13-21-37)27-29-47(38-22-14-34(44-4)15-23-38)39-24-16-35(45-5)17-25-39/h6-25H,26-29H2,1-5H3. The molecule has 8 heteroatoms. The molecule has 0 aromatic heterocycles. The summed E-state index contributed by atoms with van der Waals surface area (Å²) >= 11 is 0. The van der Waals surface area contributed by atoms with Crippen molar-refractivity contribution in [1.29, 1.82) is 0 Å². The summed E-state index contributed by atoms with van der Waals surface area (Å²) in [6, 6.07) is 42.6. The van der Waals surface area contributed by atoms with E-state index in [2.05, 4.69) is 114 Å². The molecule has 0 amide bonds. The van der Waals surface area contributed by atoms with E-state index in [0.717, 1.165) is 54.2 Å². The van der Waals surface area contributed by atoms with E-state index in [1.807, 2.05) is 12.1 Å². The van der Waals surface area contributed by atoms with Gasteiger partial charge in [-0.25, -0.2) is 0 Å². The van der Waals surface area contributed by atoms with Crippen molar-refractivity contribution in [3.8, 4) is 28.7 Å². The summed E-state index contributed by atoms with van der Waals surface area (Å²) < 4.78 is 27.4. The largest absolute Gasteiger partial charge is 0.497 e. The van der Waals surface area contributed by atoms with E-state index < -0.39 is 15.8 Å². The monoisotopic (exact) mass is 667 g/mol. The average Bonchev–Trinajstić information content (AvgIpc) is 3.15. The van der Waals surface area contributed by atoms with E-state index in [1.54, 1.807) is 35.5 Å². The predicted octanol–water partition coefficient (Wildman–Crippen LogP) is 6.80. The zero-order valence-corrected chi connectivity index (χ0v) is 29.5. The van der Waals surface area contributed by atoms with Crippen molar-refractivity contribution in [3.63, 3.8) is 0 Å². The van der Waals surface area contributed by atoms with E-state index in [-0.39, 0.29) is 0 Å². The molecule has 5 aromatic carbocycles. The van der Waals surface area contributed by atoms with Gasteiger partial charge < -0.3 is 28.6 Å². The molecule has 5 rings (SSSR count). The zero-order valence-electron chi connectivity index (χ0n) is 27.8. The van der Waals surface area contributed by atoms with Gasteiger partial charge in [0.25, 0.3) is 0 Å². The Morgan fingerprint density at radius 3 is 0.830 bits per heavy atom. The second-order valence-electron chi connectivity index (χ2n) is 10.8. The molecule has 0 atom stereocenters. The molecule has 0 unspecified atom stereocenters. The quantitative estimate of drug-likeness (QED) is 0.108. The predicted molar refractivity (Wildman–Crippen MR) is 199 cm³/mol.